The van der Waals surface area contributed by atoms with Crippen LogP contribution in [0.1, 0.15) is 24.4 Å². The topological polar surface area (TPSA) is 17.8 Å². The molecule has 11 heavy (non-hydrogen) atoms. The lowest BCUT2D eigenvalue weighted by Crippen LogP contribution is -1.93. The first-order valence-corrected chi connectivity index (χ1v) is 4.93. The van der Waals surface area contributed by atoms with Crippen LogP contribution in [0.25, 0.3) is 0 Å². The number of halogens is 1. The molecule has 0 aliphatic heterocycles. The van der Waals surface area contributed by atoms with E-state index in [2.05, 4.69) is 30.6 Å². The second-order valence-corrected chi connectivity index (χ2v) is 4.19. The zero-order chi connectivity index (χ0) is 7.84. The number of aryl methyl sites for hydroxylation is 1. The lowest BCUT2D eigenvalue weighted by molar-refractivity contribution is 0.804. The van der Waals surface area contributed by atoms with Crippen molar-refractivity contribution in [1.29, 1.82) is 0 Å². The third-order valence-corrected chi connectivity index (χ3v) is 3.45. The van der Waals surface area contributed by atoms with Crippen molar-refractivity contribution >= 4 is 22.9 Å². The summed E-state index contributed by atoms with van der Waals surface area (Å²) < 4.78 is 2.16. The summed E-state index contributed by atoms with van der Waals surface area (Å²) >= 11 is 2.32. The van der Waals surface area contributed by atoms with Gasteiger partial charge in [0, 0.05) is 11.9 Å². The van der Waals surface area contributed by atoms with Crippen molar-refractivity contribution < 1.29 is 0 Å². The predicted octanol–water partition coefficient (Wildman–Crippen LogP) is 2.34. The largest absolute Gasteiger partial charge is 0.273 e. The molecular formula is C8H11IN2. The molecule has 0 amide bonds. The Hall–Kier alpha value is -0.0600. The Bertz CT molecular complexity index is 263. The Morgan fingerprint density at radius 1 is 1.73 bits per heavy atom. The second kappa shape index (κ2) is 2.77. The highest BCUT2D eigenvalue weighted by molar-refractivity contribution is 14.1. The highest BCUT2D eigenvalue weighted by Crippen LogP contribution is 2.32. The monoisotopic (exact) mass is 262 g/mol. The molecule has 1 aromatic rings. The van der Waals surface area contributed by atoms with Crippen LogP contribution >= 0.6 is 22.9 Å². The first-order chi connectivity index (χ1) is 5.27. The van der Waals surface area contributed by atoms with Gasteiger partial charge >= 0.3 is 0 Å². The number of hydrogen-bond donors (Lipinski definition) is 0. The zero-order valence-electron chi connectivity index (χ0n) is 6.55. The van der Waals surface area contributed by atoms with Gasteiger partial charge in [0.2, 0.25) is 0 Å². The fourth-order valence-electron chi connectivity index (χ4n) is 1.23. The summed E-state index contributed by atoms with van der Waals surface area (Å²) in [5.74, 6) is 2.07. The SMILES string of the molecule is Cc1ncc(CC2CC2)n1I. The molecule has 60 valence electrons. The Kier molecular flexibility index (Phi) is 1.91. The van der Waals surface area contributed by atoms with Crippen LogP contribution in [-0.4, -0.2) is 7.76 Å². The van der Waals surface area contributed by atoms with Gasteiger partial charge in [-0.3, -0.25) is 2.78 Å². The highest BCUT2D eigenvalue weighted by Gasteiger charge is 2.23. The van der Waals surface area contributed by atoms with E-state index in [-0.39, 0.29) is 0 Å². The lowest BCUT2D eigenvalue weighted by Gasteiger charge is -1.98. The Balaban J connectivity index is 2.15. The molecule has 2 rings (SSSR count). The minimum Gasteiger partial charge on any atom is -0.273 e. The molecule has 1 fully saturated rings. The van der Waals surface area contributed by atoms with E-state index >= 15 is 0 Å². The van der Waals surface area contributed by atoms with Gasteiger partial charge in [-0.05, 0) is 32.1 Å². The van der Waals surface area contributed by atoms with Crippen molar-refractivity contribution in [3.05, 3.63) is 17.7 Å². The molecule has 0 unspecified atom stereocenters. The number of hydrogen-bond acceptors (Lipinski definition) is 1. The summed E-state index contributed by atoms with van der Waals surface area (Å²) in [6.07, 6.45) is 6.06. The standard InChI is InChI=1S/C8H11IN2/c1-6-10-5-8(11(6)9)4-7-2-3-7/h5,7H,2-4H2,1H3. The maximum Gasteiger partial charge on any atom is 0.114 e. The second-order valence-electron chi connectivity index (χ2n) is 3.23. The summed E-state index contributed by atoms with van der Waals surface area (Å²) in [5, 5.41) is 0. The fraction of sp³-hybridized carbons (Fsp3) is 0.625. The average Bonchev–Trinajstić information content (AvgIpc) is 2.74. The van der Waals surface area contributed by atoms with E-state index < -0.39 is 0 Å². The molecule has 1 heterocycles. The molecule has 1 aliphatic carbocycles. The molecule has 0 spiro atoms. The van der Waals surface area contributed by atoms with Crippen LogP contribution in [0.3, 0.4) is 0 Å². The third-order valence-electron chi connectivity index (χ3n) is 2.13. The predicted molar refractivity (Wildman–Crippen MR) is 52.8 cm³/mol. The lowest BCUT2D eigenvalue weighted by atomic mass is 10.2. The maximum atomic E-state index is 4.25. The van der Waals surface area contributed by atoms with Crippen molar-refractivity contribution in [2.24, 2.45) is 5.92 Å². The summed E-state index contributed by atoms with van der Waals surface area (Å²) in [4.78, 5) is 4.25. The van der Waals surface area contributed by atoms with Gasteiger partial charge in [-0.2, -0.15) is 0 Å². The molecule has 0 aromatic carbocycles. The van der Waals surface area contributed by atoms with Crippen molar-refractivity contribution in [3.8, 4) is 0 Å². The van der Waals surface area contributed by atoms with Gasteiger partial charge in [0.25, 0.3) is 0 Å². The molecule has 1 saturated carbocycles. The molecule has 3 heteroatoms. The fourth-order valence-corrected chi connectivity index (χ4v) is 1.67. The van der Waals surface area contributed by atoms with Crippen molar-refractivity contribution in [2.75, 3.05) is 0 Å². The number of imidazole rings is 1. The average molecular weight is 262 g/mol. The Morgan fingerprint density at radius 2 is 2.45 bits per heavy atom. The molecule has 0 bridgehead atoms. The van der Waals surface area contributed by atoms with Crippen LogP contribution in [0, 0.1) is 12.8 Å². The van der Waals surface area contributed by atoms with Crippen molar-refractivity contribution in [2.45, 2.75) is 26.2 Å². The summed E-state index contributed by atoms with van der Waals surface area (Å²) in [7, 11) is 0. The molecular weight excluding hydrogens is 251 g/mol. The van der Waals surface area contributed by atoms with Gasteiger partial charge in [0.15, 0.2) is 0 Å². The smallest absolute Gasteiger partial charge is 0.114 e. The first kappa shape index (κ1) is 7.58. The van der Waals surface area contributed by atoms with Crippen LogP contribution < -0.4 is 0 Å². The van der Waals surface area contributed by atoms with Gasteiger partial charge < -0.3 is 0 Å². The quantitative estimate of drug-likeness (QED) is 0.748. The van der Waals surface area contributed by atoms with Crippen molar-refractivity contribution in [1.82, 2.24) is 7.76 Å². The van der Waals surface area contributed by atoms with E-state index in [1.54, 1.807) is 0 Å². The van der Waals surface area contributed by atoms with Crippen LogP contribution in [0.2, 0.25) is 0 Å². The molecule has 1 aliphatic rings. The molecule has 0 N–H and O–H groups in total. The van der Waals surface area contributed by atoms with Crippen LogP contribution in [0.5, 0.6) is 0 Å². The van der Waals surface area contributed by atoms with Crippen LogP contribution in [0.15, 0.2) is 6.20 Å². The van der Waals surface area contributed by atoms with Crippen LogP contribution in [0.4, 0.5) is 0 Å². The van der Waals surface area contributed by atoms with Gasteiger partial charge in [0.1, 0.15) is 5.82 Å². The van der Waals surface area contributed by atoms with Gasteiger partial charge in [-0.1, -0.05) is 0 Å². The van der Waals surface area contributed by atoms with Crippen molar-refractivity contribution in [3.63, 3.8) is 0 Å². The van der Waals surface area contributed by atoms with E-state index in [4.69, 9.17) is 0 Å². The minimum absolute atomic E-state index is 0.958. The first-order valence-electron chi connectivity index (χ1n) is 3.97. The molecule has 2 nitrogen and oxygen atoms in total. The number of nitrogens with zero attached hydrogens (tertiary/aromatic N) is 2. The molecule has 0 saturated heterocycles. The number of aromatic nitrogens is 2. The maximum absolute atomic E-state index is 4.25. The van der Waals surface area contributed by atoms with Gasteiger partial charge in [-0.25, -0.2) is 4.98 Å². The van der Waals surface area contributed by atoms with Crippen LogP contribution in [-0.2, 0) is 6.42 Å². The van der Waals surface area contributed by atoms with E-state index in [0.29, 0.717) is 0 Å². The summed E-state index contributed by atoms with van der Waals surface area (Å²) in [6.45, 7) is 2.04. The highest BCUT2D eigenvalue weighted by atomic mass is 127. The minimum atomic E-state index is 0.958. The van der Waals surface area contributed by atoms with Gasteiger partial charge in [0.05, 0.1) is 22.9 Å². The molecule has 0 radical (unpaired) electrons. The van der Waals surface area contributed by atoms with E-state index in [0.717, 1.165) is 11.7 Å². The Labute approximate surface area is 80.5 Å². The normalized spacial score (nSPS) is 17.3. The van der Waals surface area contributed by atoms with E-state index in [1.165, 1.54) is 25.0 Å². The molecule has 0 atom stereocenters. The Morgan fingerprint density at radius 3 is 2.91 bits per heavy atom. The van der Waals surface area contributed by atoms with Gasteiger partial charge in [-0.15, -0.1) is 0 Å². The van der Waals surface area contributed by atoms with E-state index in [9.17, 15) is 0 Å². The summed E-state index contributed by atoms with van der Waals surface area (Å²) in [6, 6.07) is 0. The third kappa shape index (κ3) is 1.58. The molecule has 1 aromatic heterocycles. The summed E-state index contributed by atoms with van der Waals surface area (Å²) in [5.41, 5.74) is 1.38. The zero-order valence-corrected chi connectivity index (χ0v) is 8.71. The number of rotatable bonds is 2. The van der Waals surface area contributed by atoms with E-state index in [1.807, 2.05) is 13.1 Å².